The molecule has 0 unspecified atom stereocenters. The van der Waals surface area contributed by atoms with Gasteiger partial charge in [-0.2, -0.15) is 20.2 Å². The number of rotatable bonds is 6. The molecule has 4 saturated carbocycles. The van der Waals surface area contributed by atoms with E-state index in [1.165, 1.54) is 77.0 Å². The zero-order valence-corrected chi connectivity index (χ0v) is 20.0. The van der Waals surface area contributed by atoms with Gasteiger partial charge in [0.1, 0.15) is 0 Å². The van der Waals surface area contributed by atoms with Gasteiger partial charge in [0, 0.05) is 0 Å². The minimum absolute atomic E-state index is 0.398. The maximum Gasteiger partial charge on any atom is 0.181 e. The van der Waals surface area contributed by atoms with E-state index in [9.17, 15) is 0 Å². The second kappa shape index (κ2) is 12.0. The lowest BCUT2D eigenvalue weighted by Crippen LogP contribution is -2.31. The van der Waals surface area contributed by atoms with E-state index in [4.69, 9.17) is 20.2 Å². The maximum atomic E-state index is 4.92. The van der Waals surface area contributed by atoms with Gasteiger partial charge in [-0.05, 0) is 77.0 Å². The minimum atomic E-state index is -0.489. The van der Waals surface area contributed by atoms with Gasteiger partial charge in [-0.1, -0.05) is 51.4 Å². The van der Waals surface area contributed by atoms with Crippen molar-refractivity contribution in [2.45, 2.75) is 152 Å². The molecular formula is C26H42N6. The number of azo groups is 1. The molecule has 0 bridgehead atoms. The van der Waals surface area contributed by atoms with Crippen LogP contribution in [0.4, 0.5) is 0 Å². The number of nitrogens with zero attached hydrogens (tertiary/aromatic N) is 6. The fourth-order valence-corrected chi connectivity index (χ4v) is 5.72. The van der Waals surface area contributed by atoms with Crippen LogP contribution in [0.25, 0.3) is 0 Å². The molecule has 4 aliphatic carbocycles. The highest BCUT2D eigenvalue weighted by Gasteiger charge is 2.36. The Morgan fingerprint density at radius 3 is 1.16 bits per heavy atom. The third-order valence-corrected chi connectivity index (χ3v) is 7.88. The summed E-state index contributed by atoms with van der Waals surface area (Å²) in [7, 11) is 0. The Balaban J connectivity index is 1.51. The normalized spacial score (nSPS) is 26.6. The second-order valence-electron chi connectivity index (χ2n) is 10.6. The van der Waals surface area contributed by atoms with Gasteiger partial charge < -0.3 is 0 Å². The Morgan fingerprint density at radius 2 is 0.781 bits per heavy atom. The molecule has 6 heteroatoms. The van der Waals surface area contributed by atoms with Crippen LogP contribution in [-0.4, -0.2) is 35.4 Å². The minimum Gasteiger partial charge on any atom is -0.222 e. The zero-order valence-electron chi connectivity index (χ0n) is 20.0. The van der Waals surface area contributed by atoms with Crippen molar-refractivity contribution in [1.29, 1.82) is 0 Å². The van der Waals surface area contributed by atoms with E-state index < -0.39 is 11.3 Å². The van der Waals surface area contributed by atoms with Gasteiger partial charge in [-0.3, -0.25) is 0 Å². The van der Waals surface area contributed by atoms with E-state index in [0.29, 0.717) is 12.1 Å². The van der Waals surface area contributed by atoms with Gasteiger partial charge in [0.15, 0.2) is 11.3 Å². The summed E-state index contributed by atoms with van der Waals surface area (Å²) in [5.41, 5.74) is -0.978. The van der Waals surface area contributed by atoms with E-state index in [0.717, 1.165) is 51.4 Å². The average Bonchev–Trinajstić information content (AvgIpc) is 2.86. The lowest BCUT2D eigenvalue weighted by molar-refractivity contribution is 0.252. The summed E-state index contributed by atoms with van der Waals surface area (Å²) < 4.78 is 0. The molecule has 0 atom stereocenters. The van der Waals surface area contributed by atoms with Gasteiger partial charge in [-0.15, -0.1) is 0 Å². The molecule has 32 heavy (non-hydrogen) atoms. The largest absolute Gasteiger partial charge is 0.222 e. The Kier molecular flexibility index (Phi) is 8.82. The molecule has 0 aromatic rings. The molecular weight excluding hydrogens is 396 g/mol. The fraction of sp³-hybridized carbons (Fsp3) is 0.923. The molecule has 4 fully saturated rings. The molecule has 0 amide bonds. The molecule has 0 N–H and O–H groups in total. The molecule has 0 spiro atoms. The predicted octanol–water partition coefficient (Wildman–Crippen LogP) is 7.77. The van der Waals surface area contributed by atoms with Gasteiger partial charge >= 0.3 is 0 Å². The average molecular weight is 439 g/mol. The summed E-state index contributed by atoms with van der Waals surface area (Å²) in [4.78, 5) is 19.0. The lowest BCUT2D eigenvalue weighted by atomic mass is 9.89. The van der Waals surface area contributed by atoms with Crippen molar-refractivity contribution in [2.24, 2.45) is 30.2 Å². The van der Waals surface area contributed by atoms with E-state index >= 15 is 0 Å². The van der Waals surface area contributed by atoms with Crippen molar-refractivity contribution in [3.05, 3.63) is 0 Å². The van der Waals surface area contributed by atoms with Crippen molar-refractivity contribution >= 4 is 12.0 Å². The first-order valence-electron chi connectivity index (χ1n) is 13.6. The maximum absolute atomic E-state index is 4.92. The first kappa shape index (κ1) is 23.5. The molecule has 4 aliphatic rings. The van der Waals surface area contributed by atoms with Crippen molar-refractivity contribution < 1.29 is 0 Å². The fourth-order valence-electron chi connectivity index (χ4n) is 5.72. The number of hydrogen-bond donors (Lipinski definition) is 0. The molecule has 0 aliphatic heterocycles. The SMILES string of the molecule is C(=NC1CCCCC1)=NC1(/N=N/C2(N=C=NC3CCCCC3)CCCCC2)CCCCC1. The van der Waals surface area contributed by atoms with Crippen molar-refractivity contribution in [3.8, 4) is 0 Å². The second-order valence-corrected chi connectivity index (χ2v) is 10.6. The highest BCUT2D eigenvalue weighted by Crippen LogP contribution is 2.38. The Morgan fingerprint density at radius 1 is 0.438 bits per heavy atom. The van der Waals surface area contributed by atoms with Crippen LogP contribution in [0.5, 0.6) is 0 Å². The monoisotopic (exact) mass is 438 g/mol. The Bertz CT molecular complexity index is 657. The topological polar surface area (TPSA) is 74.2 Å². The molecule has 176 valence electrons. The predicted molar refractivity (Wildman–Crippen MR) is 130 cm³/mol. The lowest BCUT2D eigenvalue weighted by Gasteiger charge is -2.31. The molecule has 0 radical (unpaired) electrons. The van der Waals surface area contributed by atoms with E-state index in [1.54, 1.807) is 0 Å². The third kappa shape index (κ3) is 6.93. The molecule has 0 saturated heterocycles. The summed E-state index contributed by atoms with van der Waals surface area (Å²) in [5, 5.41) is 9.84. The van der Waals surface area contributed by atoms with Gasteiger partial charge in [0.25, 0.3) is 0 Å². The van der Waals surface area contributed by atoms with Gasteiger partial charge in [-0.25, -0.2) is 9.98 Å². The third-order valence-electron chi connectivity index (χ3n) is 7.88. The van der Waals surface area contributed by atoms with Crippen LogP contribution in [0.1, 0.15) is 128 Å². The summed E-state index contributed by atoms with van der Waals surface area (Å²) >= 11 is 0. The molecule has 0 heterocycles. The Labute approximate surface area is 194 Å². The van der Waals surface area contributed by atoms with Crippen LogP contribution in [0.15, 0.2) is 30.2 Å². The smallest absolute Gasteiger partial charge is 0.181 e. The first-order valence-corrected chi connectivity index (χ1v) is 13.6. The van der Waals surface area contributed by atoms with E-state index in [2.05, 4.69) is 22.0 Å². The van der Waals surface area contributed by atoms with Crippen LogP contribution in [-0.2, 0) is 0 Å². The highest BCUT2D eigenvalue weighted by molar-refractivity contribution is 5.43. The zero-order chi connectivity index (χ0) is 22.0. The number of hydrogen-bond acceptors (Lipinski definition) is 6. The summed E-state index contributed by atoms with van der Waals surface area (Å²) in [6, 6.07) is 6.96. The van der Waals surface area contributed by atoms with Gasteiger partial charge in [0.05, 0.1) is 24.1 Å². The van der Waals surface area contributed by atoms with Crippen LogP contribution in [0, 0.1) is 0 Å². The van der Waals surface area contributed by atoms with Crippen molar-refractivity contribution in [1.82, 2.24) is 0 Å². The van der Waals surface area contributed by atoms with Crippen LogP contribution in [0.3, 0.4) is 0 Å². The number of aliphatic imine (C=N–C) groups is 4. The Hall–Kier alpha value is -1.64. The molecule has 0 aromatic carbocycles. The first-order chi connectivity index (χ1) is 15.8. The highest BCUT2D eigenvalue weighted by atomic mass is 15.3. The molecule has 4 rings (SSSR count). The standard InChI is InChI=1S/C26H42N6/c1-5-13-23(14-6-1)27-21-29-25(17-9-3-10-18-25)31-32-26(19-11-4-12-20-26)30-22-28-24-15-7-2-8-16-24/h23-24H,1-20H2/b32-31+. The van der Waals surface area contributed by atoms with Crippen LogP contribution < -0.4 is 0 Å². The summed E-state index contributed by atoms with van der Waals surface area (Å²) in [5.74, 6) is 0. The molecule has 0 aromatic heterocycles. The van der Waals surface area contributed by atoms with Crippen molar-refractivity contribution in [3.63, 3.8) is 0 Å². The van der Waals surface area contributed by atoms with Gasteiger partial charge in [0.2, 0.25) is 0 Å². The van der Waals surface area contributed by atoms with Crippen LogP contribution in [0.2, 0.25) is 0 Å². The van der Waals surface area contributed by atoms with Crippen LogP contribution >= 0.6 is 0 Å². The summed E-state index contributed by atoms with van der Waals surface area (Å²) in [6.07, 6.45) is 23.4. The van der Waals surface area contributed by atoms with E-state index in [1.807, 2.05) is 0 Å². The summed E-state index contributed by atoms with van der Waals surface area (Å²) in [6.45, 7) is 0. The quantitative estimate of drug-likeness (QED) is 0.300. The molecule has 6 nitrogen and oxygen atoms in total. The van der Waals surface area contributed by atoms with E-state index in [-0.39, 0.29) is 0 Å². The van der Waals surface area contributed by atoms with Crippen molar-refractivity contribution in [2.75, 3.05) is 0 Å².